The number of hydrogen-bond donors (Lipinski definition) is 0. The highest BCUT2D eigenvalue weighted by atomic mass is 35.5. The molecule has 3 heteroatoms. The normalized spacial score (nSPS) is 10.4. The van der Waals surface area contributed by atoms with E-state index in [0.717, 1.165) is 24.3 Å². The molecule has 0 aliphatic rings. The fourth-order valence-electron chi connectivity index (χ4n) is 1.47. The van der Waals surface area contributed by atoms with Crippen molar-refractivity contribution in [2.75, 3.05) is 13.7 Å². The van der Waals surface area contributed by atoms with Gasteiger partial charge in [-0.25, -0.2) is 0 Å². The van der Waals surface area contributed by atoms with E-state index in [-0.39, 0.29) is 0 Å². The van der Waals surface area contributed by atoms with Crippen LogP contribution in [0.15, 0.2) is 18.2 Å². The standard InChI is InChI=1S/C13H19ClO2/c1-3-4-5-8-16-10-11-6-7-12(14)9-13(11)15-2/h6-7,9H,3-5,8,10H2,1-2H3. The Labute approximate surface area is 103 Å². The van der Waals surface area contributed by atoms with Crippen LogP contribution >= 0.6 is 11.6 Å². The van der Waals surface area contributed by atoms with Crippen LogP contribution in [-0.4, -0.2) is 13.7 Å². The molecule has 0 radical (unpaired) electrons. The molecular formula is C13H19ClO2. The Bertz CT molecular complexity index is 313. The first-order valence-corrected chi connectivity index (χ1v) is 6.06. The van der Waals surface area contributed by atoms with Crippen molar-refractivity contribution in [3.8, 4) is 5.75 Å². The highest BCUT2D eigenvalue weighted by Gasteiger charge is 2.03. The van der Waals surface area contributed by atoms with Gasteiger partial charge in [0.1, 0.15) is 5.75 Å². The Morgan fingerprint density at radius 2 is 2.06 bits per heavy atom. The van der Waals surface area contributed by atoms with Crippen molar-refractivity contribution < 1.29 is 9.47 Å². The van der Waals surface area contributed by atoms with E-state index in [2.05, 4.69) is 6.92 Å². The summed E-state index contributed by atoms with van der Waals surface area (Å²) in [6, 6.07) is 5.61. The van der Waals surface area contributed by atoms with E-state index in [1.807, 2.05) is 18.2 Å². The van der Waals surface area contributed by atoms with Gasteiger partial charge in [-0.1, -0.05) is 37.4 Å². The van der Waals surface area contributed by atoms with Crippen LogP contribution in [0.25, 0.3) is 0 Å². The molecule has 0 aliphatic carbocycles. The van der Waals surface area contributed by atoms with Crippen molar-refractivity contribution >= 4 is 11.6 Å². The lowest BCUT2D eigenvalue weighted by molar-refractivity contribution is 0.115. The number of hydrogen-bond acceptors (Lipinski definition) is 2. The van der Waals surface area contributed by atoms with Crippen molar-refractivity contribution in [1.82, 2.24) is 0 Å². The predicted octanol–water partition coefficient (Wildman–Crippen LogP) is 4.06. The van der Waals surface area contributed by atoms with Crippen LogP contribution in [0, 0.1) is 0 Å². The Morgan fingerprint density at radius 3 is 2.75 bits per heavy atom. The Balaban J connectivity index is 2.41. The van der Waals surface area contributed by atoms with Crippen LogP contribution in [0.2, 0.25) is 5.02 Å². The van der Waals surface area contributed by atoms with Gasteiger partial charge < -0.3 is 9.47 Å². The van der Waals surface area contributed by atoms with Gasteiger partial charge in [-0.05, 0) is 18.6 Å². The van der Waals surface area contributed by atoms with Crippen LogP contribution in [0.3, 0.4) is 0 Å². The maximum atomic E-state index is 5.88. The van der Waals surface area contributed by atoms with E-state index in [4.69, 9.17) is 21.1 Å². The lowest BCUT2D eigenvalue weighted by Crippen LogP contribution is -1.98. The lowest BCUT2D eigenvalue weighted by Gasteiger charge is -2.09. The second-order valence-electron chi connectivity index (χ2n) is 3.72. The van der Waals surface area contributed by atoms with Crippen LogP contribution in [0.4, 0.5) is 0 Å². The molecule has 0 heterocycles. The molecule has 2 nitrogen and oxygen atoms in total. The van der Waals surface area contributed by atoms with Gasteiger partial charge in [0.15, 0.2) is 0 Å². The van der Waals surface area contributed by atoms with Crippen LogP contribution < -0.4 is 4.74 Å². The third kappa shape index (κ3) is 4.42. The molecule has 0 saturated carbocycles. The minimum absolute atomic E-state index is 0.587. The van der Waals surface area contributed by atoms with Gasteiger partial charge in [-0.3, -0.25) is 0 Å². The molecule has 0 aliphatic heterocycles. The molecule has 0 unspecified atom stereocenters. The summed E-state index contributed by atoms with van der Waals surface area (Å²) in [5.41, 5.74) is 1.04. The molecule has 0 N–H and O–H groups in total. The first-order chi connectivity index (χ1) is 7.77. The number of benzene rings is 1. The van der Waals surface area contributed by atoms with Gasteiger partial charge in [0.25, 0.3) is 0 Å². The average Bonchev–Trinajstić information content (AvgIpc) is 2.30. The van der Waals surface area contributed by atoms with Gasteiger partial charge >= 0.3 is 0 Å². The molecule has 0 spiro atoms. The smallest absolute Gasteiger partial charge is 0.125 e. The molecule has 1 rings (SSSR count). The number of methoxy groups -OCH3 is 1. The number of rotatable bonds is 7. The van der Waals surface area contributed by atoms with Crippen molar-refractivity contribution in [1.29, 1.82) is 0 Å². The number of unbranched alkanes of at least 4 members (excludes halogenated alkanes) is 2. The predicted molar refractivity (Wildman–Crippen MR) is 67.2 cm³/mol. The maximum absolute atomic E-state index is 5.88. The summed E-state index contributed by atoms with van der Waals surface area (Å²) >= 11 is 5.88. The molecule has 0 bridgehead atoms. The van der Waals surface area contributed by atoms with Gasteiger partial charge in [-0.15, -0.1) is 0 Å². The number of ether oxygens (including phenoxy) is 2. The summed E-state index contributed by atoms with van der Waals surface area (Å²) in [6.45, 7) is 3.58. The van der Waals surface area contributed by atoms with Gasteiger partial charge in [-0.2, -0.15) is 0 Å². The summed E-state index contributed by atoms with van der Waals surface area (Å²) in [5, 5.41) is 0.687. The van der Waals surface area contributed by atoms with E-state index in [9.17, 15) is 0 Å². The average molecular weight is 243 g/mol. The summed E-state index contributed by atoms with van der Waals surface area (Å²) in [6.07, 6.45) is 3.55. The second kappa shape index (κ2) is 7.53. The van der Waals surface area contributed by atoms with Crippen molar-refractivity contribution in [2.45, 2.75) is 32.8 Å². The van der Waals surface area contributed by atoms with Crippen LogP contribution in [0.5, 0.6) is 5.75 Å². The van der Waals surface area contributed by atoms with Crippen molar-refractivity contribution in [3.05, 3.63) is 28.8 Å². The molecule has 1 aromatic rings. The van der Waals surface area contributed by atoms with E-state index < -0.39 is 0 Å². The Kier molecular flexibility index (Phi) is 6.27. The minimum atomic E-state index is 0.587. The molecule has 0 saturated heterocycles. The largest absolute Gasteiger partial charge is 0.496 e. The summed E-state index contributed by atoms with van der Waals surface area (Å²) in [7, 11) is 1.65. The molecule has 1 aromatic carbocycles. The molecule has 90 valence electrons. The van der Waals surface area contributed by atoms with Gasteiger partial charge in [0, 0.05) is 17.2 Å². The summed E-state index contributed by atoms with van der Waals surface area (Å²) < 4.78 is 10.8. The van der Waals surface area contributed by atoms with Gasteiger partial charge in [0.05, 0.1) is 13.7 Å². The highest BCUT2D eigenvalue weighted by molar-refractivity contribution is 6.30. The monoisotopic (exact) mass is 242 g/mol. The van der Waals surface area contributed by atoms with Crippen LogP contribution in [-0.2, 0) is 11.3 Å². The Morgan fingerprint density at radius 1 is 1.25 bits per heavy atom. The third-order valence-electron chi connectivity index (χ3n) is 2.40. The second-order valence-corrected chi connectivity index (χ2v) is 4.15. The zero-order valence-corrected chi connectivity index (χ0v) is 10.7. The highest BCUT2D eigenvalue weighted by Crippen LogP contribution is 2.23. The van der Waals surface area contributed by atoms with Gasteiger partial charge in [0.2, 0.25) is 0 Å². The third-order valence-corrected chi connectivity index (χ3v) is 2.63. The number of halogens is 1. The lowest BCUT2D eigenvalue weighted by atomic mass is 10.2. The SMILES string of the molecule is CCCCCOCc1ccc(Cl)cc1OC. The van der Waals surface area contributed by atoms with E-state index >= 15 is 0 Å². The fourth-order valence-corrected chi connectivity index (χ4v) is 1.64. The van der Waals surface area contributed by atoms with E-state index in [1.54, 1.807) is 7.11 Å². The topological polar surface area (TPSA) is 18.5 Å². The molecule has 0 amide bonds. The van der Waals surface area contributed by atoms with Crippen molar-refractivity contribution in [3.63, 3.8) is 0 Å². The quantitative estimate of drug-likeness (QED) is 0.672. The molecule has 0 fully saturated rings. The van der Waals surface area contributed by atoms with Crippen molar-refractivity contribution in [2.24, 2.45) is 0 Å². The molecule has 16 heavy (non-hydrogen) atoms. The Hall–Kier alpha value is -0.730. The van der Waals surface area contributed by atoms with E-state index in [1.165, 1.54) is 12.8 Å². The zero-order valence-electron chi connectivity index (χ0n) is 9.96. The zero-order chi connectivity index (χ0) is 11.8. The van der Waals surface area contributed by atoms with E-state index in [0.29, 0.717) is 11.6 Å². The first-order valence-electron chi connectivity index (χ1n) is 5.68. The minimum Gasteiger partial charge on any atom is -0.496 e. The molecular weight excluding hydrogens is 224 g/mol. The molecule has 0 aromatic heterocycles. The summed E-state index contributed by atoms with van der Waals surface area (Å²) in [5.74, 6) is 0.794. The summed E-state index contributed by atoms with van der Waals surface area (Å²) in [4.78, 5) is 0. The first kappa shape index (κ1) is 13.3. The maximum Gasteiger partial charge on any atom is 0.125 e. The van der Waals surface area contributed by atoms with Crippen LogP contribution in [0.1, 0.15) is 31.7 Å². The fraction of sp³-hybridized carbons (Fsp3) is 0.538. The molecule has 0 atom stereocenters.